The second-order valence-electron chi connectivity index (χ2n) is 4.53. The largest absolute Gasteiger partial charge is 0.492 e. The quantitative estimate of drug-likeness (QED) is 0.849. The van der Waals surface area contributed by atoms with Gasteiger partial charge in [0.05, 0.1) is 5.69 Å². The molecule has 0 fully saturated rings. The fourth-order valence-electron chi connectivity index (χ4n) is 2.20. The molecule has 0 atom stereocenters. The van der Waals surface area contributed by atoms with Crippen molar-refractivity contribution in [3.05, 3.63) is 34.9 Å². The molecule has 90 valence electrons. The van der Waals surface area contributed by atoms with Crippen molar-refractivity contribution in [1.82, 2.24) is 10.2 Å². The molecule has 0 aliphatic heterocycles. The van der Waals surface area contributed by atoms with Crippen LogP contribution in [-0.4, -0.2) is 15.3 Å². The highest BCUT2D eigenvalue weighted by Gasteiger charge is 2.13. The van der Waals surface area contributed by atoms with E-state index in [1.807, 2.05) is 0 Å². The summed E-state index contributed by atoms with van der Waals surface area (Å²) in [5.41, 5.74) is 5.39. The Kier molecular flexibility index (Phi) is 3.18. The summed E-state index contributed by atoms with van der Waals surface area (Å²) in [6.07, 6.45) is 1.83. The van der Waals surface area contributed by atoms with Gasteiger partial charge in [-0.15, -0.1) is 5.10 Å². The van der Waals surface area contributed by atoms with Crippen LogP contribution in [0.5, 0.6) is 5.88 Å². The Morgan fingerprint density at radius 1 is 1.18 bits per heavy atom. The number of rotatable bonds is 3. The van der Waals surface area contributed by atoms with Crippen LogP contribution in [0.4, 0.5) is 0 Å². The summed E-state index contributed by atoms with van der Waals surface area (Å²) in [5, 5.41) is 16.6. The van der Waals surface area contributed by atoms with E-state index in [1.54, 1.807) is 0 Å². The van der Waals surface area contributed by atoms with E-state index in [1.165, 1.54) is 11.1 Å². The zero-order valence-electron chi connectivity index (χ0n) is 10.5. The van der Waals surface area contributed by atoms with Gasteiger partial charge in [-0.05, 0) is 32.4 Å². The molecular weight excluding hydrogens is 212 g/mol. The summed E-state index contributed by atoms with van der Waals surface area (Å²) >= 11 is 0. The van der Waals surface area contributed by atoms with Crippen LogP contribution in [0.25, 0.3) is 11.3 Å². The summed E-state index contributed by atoms with van der Waals surface area (Å²) in [6.45, 7) is 6.25. The molecule has 0 unspecified atom stereocenters. The maximum atomic E-state index is 9.72. The Balaban J connectivity index is 2.52. The lowest BCUT2D eigenvalue weighted by Crippen LogP contribution is -1.89. The molecule has 3 heteroatoms. The van der Waals surface area contributed by atoms with Crippen LogP contribution < -0.4 is 0 Å². The molecule has 3 nitrogen and oxygen atoms in total. The fraction of sp³-hybridized carbons (Fsp3) is 0.357. The molecule has 0 saturated carbocycles. The number of hydrogen-bond donors (Lipinski definition) is 2. The van der Waals surface area contributed by atoms with Gasteiger partial charge in [-0.1, -0.05) is 30.5 Å². The van der Waals surface area contributed by atoms with Crippen molar-refractivity contribution in [1.29, 1.82) is 0 Å². The van der Waals surface area contributed by atoms with Gasteiger partial charge in [0.2, 0.25) is 5.88 Å². The third kappa shape index (κ3) is 2.33. The van der Waals surface area contributed by atoms with Gasteiger partial charge in [-0.3, -0.25) is 5.10 Å². The number of nitrogens with one attached hydrogen (secondary N) is 1. The predicted molar refractivity (Wildman–Crippen MR) is 69.2 cm³/mol. The molecule has 0 aliphatic rings. The summed E-state index contributed by atoms with van der Waals surface area (Å²) < 4.78 is 0. The molecule has 1 heterocycles. The van der Waals surface area contributed by atoms with E-state index in [9.17, 15) is 5.11 Å². The number of aromatic amines is 1. The Bertz CT molecular complexity index is 509. The Morgan fingerprint density at radius 2 is 1.82 bits per heavy atom. The highest BCUT2D eigenvalue weighted by Crippen LogP contribution is 2.29. The molecule has 0 aliphatic carbocycles. The van der Waals surface area contributed by atoms with Gasteiger partial charge < -0.3 is 5.11 Å². The molecule has 17 heavy (non-hydrogen) atoms. The lowest BCUT2D eigenvalue weighted by Gasteiger charge is -2.05. The number of hydrogen-bond acceptors (Lipinski definition) is 2. The van der Waals surface area contributed by atoms with E-state index >= 15 is 0 Å². The van der Waals surface area contributed by atoms with Crippen molar-refractivity contribution >= 4 is 0 Å². The second kappa shape index (κ2) is 4.62. The molecule has 1 aromatic carbocycles. The van der Waals surface area contributed by atoms with Crippen LogP contribution in [0.2, 0.25) is 0 Å². The number of benzene rings is 1. The van der Waals surface area contributed by atoms with Gasteiger partial charge in [0.25, 0.3) is 0 Å². The first kappa shape index (κ1) is 11.7. The molecule has 0 bridgehead atoms. The number of aromatic hydroxyl groups is 1. The predicted octanol–water partition coefficient (Wildman–Crippen LogP) is 3.35. The minimum Gasteiger partial charge on any atom is -0.492 e. The van der Waals surface area contributed by atoms with Crippen molar-refractivity contribution in [2.75, 3.05) is 0 Å². The van der Waals surface area contributed by atoms with Gasteiger partial charge in [-0.2, -0.15) is 0 Å². The molecule has 0 spiro atoms. The lowest BCUT2D eigenvalue weighted by molar-refractivity contribution is 0.445. The monoisotopic (exact) mass is 230 g/mol. The van der Waals surface area contributed by atoms with Gasteiger partial charge in [-0.25, -0.2) is 0 Å². The van der Waals surface area contributed by atoms with Crippen molar-refractivity contribution < 1.29 is 5.11 Å². The first-order chi connectivity index (χ1) is 8.11. The van der Waals surface area contributed by atoms with Crippen LogP contribution >= 0.6 is 0 Å². The maximum absolute atomic E-state index is 9.72. The van der Waals surface area contributed by atoms with Gasteiger partial charge >= 0.3 is 0 Å². The Morgan fingerprint density at radius 3 is 2.41 bits per heavy atom. The Hall–Kier alpha value is -1.77. The smallest absolute Gasteiger partial charge is 0.233 e. The summed E-state index contributed by atoms with van der Waals surface area (Å²) in [7, 11) is 0. The summed E-state index contributed by atoms with van der Waals surface area (Å²) in [5.74, 6) is 0.126. The molecule has 0 amide bonds. The lowest BCUT2D eigenvalue weighted by atomic mass is 10.0. The number of aromatic nitrogens is 2. The van der Waals surface area contributed by atoms with Crippen molar-refractivity contribution in [3.8, 4) is 17.1 Å². The molecule has 2 rings (SSSR count). The van der Waals surface area contributed by atoms with Gasteiger partial charge in [0, 0.05) is 11.1 Å². The SMILES string of the molecule is CCCc1c(O)n[nH]c1-c1cc(C)cc(C)c1. The molecule has 2 N–H and O–H groups in total. The standard InChI is InChI=1S/C14H18N2O/c1-4-5-12-13(15-16-14(12)17)11-7-9(2)6-10(3)8-11/h6-8H,4-5H2,1-3H3,(H2,15,16,17). The van der Waals surface area contributed by atoms with Crippen LogP contribution in [-0.2, 0) is 6.42 Å². The van der Waals surface area contributed by atoms with Crippen LogP contribution in [0, 0.1) is 13.8 Å². The molecule has 0 radical (unpaired) electrons. The number of nitrogens with zero attached hydrogens (tertiary/aromatic N) is 1. The summed E-state index contributed by atoms with van der Waals surface area (Å²) in [4.78, 5) is 0. The van der Waals surface area contributed by atoms with E-state index in [4.69, 9.17) is 0 Å². The van der Waals surface area contributed by atoms with Gasteiger partial charge in [0.1, 0.15) is 0 Å². The van der Waals surface area contributed by atoms with Crippen LogP contribution in [0.3, 0.4) is 0 Å². The maximum Gasteiger partial charge on any atom is 0.233 e. The van der Waals surface area contributed by atoms with E-state index in [0.29, 0.717) is 0 Å². The minimum absolute atomic E-state index is 0.126. The van der Waals surface area contributed by atoms with E-state index in [-0.39, 0.29) is 5.88 Å². The Labute approximate surface area is 102 Å². The highest BCUT2D eigenvalue weighted by molar-refractivity contribution is 5.66. The number of aryl methyl sites for hydroxylation is 2. The zero-order valence-corrected chi connectivity index (χ0v) is 10.5. The molecule has 0 saturated heterocycles. The second-order valence-corrected chi connectivity index (χ2v) is 4.53. The molecule has 1 aromatic heterocycles. The minimum atomic E-state index is 0.126. The van der Waals surface area contributed by atoms with Crippen molar-refractivity contribution in [2.24, 2.45) is 0 Å². The average Bonchev–Trinajstić information content (AvgIpc) is 2.60. The van der Waals surface area contributed by atoms with E-state index in [0.717, 1.165) is 29.7 Å². The van der Waals surface area contributed by atoms with Crippen molar-refractivity contribution in [2.45, 2.75) is 33.6 Å². The fourth-order valence-corrected chi connectivity index (χ4v) is 2.20. The normalized spacial score (nSPS) is 10.8. The third-order valence-electron chi connectivity index (χ3n) is 2.86. The van der Waals surface area contributed by atoms with E-state index < -0.39 is 0 Å². The first-order valence-corrected chi connectivity index (χ1v) is 5.96. The molecule has 2 aromatic rings. The van der Waals surface area contributed by atoms with Crippen LogP contribution in [0.1, 0.15) is 30.0 Å². The molecular formula is C14H18N2O. The topological polar surface area (TPSA) is 48.9 Å². The van der Waals surface area contributed by atoms with Gasteiger partial charge in [0.15, 0.2) is 0 Å². The zero-order chi connectivity index (χ0) is 12.4. The first-order valence-electron chi connectivity index (χ1n) is 5.96. The van der Waals surface area contributed by atoms with E-state index in [2.05, 4.69) is 49.2 Å². The van der Waals surface area contributed by atoms with Crippen molar-refractivity contribution in [3.63, 3.8) is 0 Å². The average molecular weight is 230 g/mol. The van der Waals surface area contributed by atoms with Crippen LogP contribution in [0.15, 0.2) is 18.2 Å². The number of H-pyrrole nitrogens is 1. The third-order valence-corrected chi connectivity index (χ3v) is 2.86. The summed E-state index contributed by atoms with van der Waals surface area (Å²) in [6, 6.07) is 6.36. The highest BCUT2D eigenvalue weighted by atomic mass is 16.3.